The summed E-state index contributed by atoms with van der Waals surface area (Å²) in [6, 6.07) is 7.38. The number of nitrogens with zero attached hydrogens (tertiary/aromatic N) is 2. The Bertz CT molecular complexity index is 617. The third kappa shape index (κ3) is 2.60. The number of rotatable bonds is 3. The van der Waals surface area contributed by atoms with Gasteiger partial charge in [0.05, 0.1) is 17.4 Å². The SMILES string of the molecule is O=C(NC1CC1)c1cnn(-c2ccc(Cl)cc2)c1Cl. The van der Waals surface area contributed by atoms with Crippen molar-refractivity contribution in [1.82, 2.24) is 15.1 Å². The van der Waals surface area contributed by atoms with Crippen LogP contribution in [-0.4, -0.2) is 21.7 Å². The zero-order valence-corrected chi connectivity index (χ0v) is 11.4. The van der Waals surface area contributed by atoms with E-state index in [4.69, 9.17) is 23.2 Å². The number of carbonyl (C=O) groups excluding carboxylic acids is 1. The Labute approximate surface area is 120 Å². The minimum absolute atomic E-state index is 0.173. The van der Waals surface area contributed by atoms with Crippen LogP contribution in [0.15, 0.2) is 30.5 Å². The van der Waals surface area contributed by atoms with E-state index < -0.39 is 0 Å². The number of amides is 1. The summed E-state index contributed by atoms with van der Waals surface area (Å²) in [7, 11) is 0. The number of halogens is 2. The molecule has 0 saturated heterocycles. The van der Waals surface area contributed by atoms with Crippen LogP contribution in [0, 0.1) is 0 Å². The van der Waals surface area contributed by atoms with Crippen molar-refractivity contribution in [3.63, 3.8) is 0 Å². The Balaban J connectivity index is 1.89. The highest BCUT2D eigenvalue weighted by Crippen LogP contribution is 2.23. The molecule has 2 aromatic rings. The van der Waals surface area contributed by atoms with E-state index in [1.165, 1.54) is 10.9 Å². The van der Waals surface area contributed by atoms with E-state index >= 15 is 0 Å². The van der Waals surface area contributed by atoms with Crippen molar-refractivity contribution in [3.8, 4) is 5.69 Å². The lowest BCUT2D eigenvalue weighted by Gasteiger charge is -2.04. The second kappa shape index (κ2) is 4.87. The van der Waals surface area contributed by atoms with E-state index in [0.29, 0.717) is 21.8 Å². The molecule has 0 atom stereocenters. The summed E-state index contributed by atoms with van der Waals surface area (Å²) in [6.45, 7) is 0. The Hall–Kier alpha value is -1.52. The number of hydrogen-bond donors (Lipinski definition) is 1. The summed E-state index contributed by atoms with van der Waals surface area (Å²) in [4.78, 5) is 11.9. The zero-order valence-electron chi connectivity index (χ0n) is 9.94. The highest BCUT2D eigenvalue weighted by molar-refractivity contribution is 6.33. The van der Waals surface area contributed by atoms with Gasteiger partial charge >= 0.3 is 0 Å². The molecule has 1 fully saturated rings. The Morgan fingerprint density at radius 1 is 1.26 bits per heavy atom. The molecule has 1 aliphatic rings. The van der Waals surface area contributed by atoms with Crippen LogP contribution in [0.1, 0.15) is 23.2 Å². The van der Waals surface area contributed by atoms with Crippen molar-refractivity contribution < 1.29 is 4.79 Å². The first kappa shape index (κ1) is 12.5. The molecule has 1 aromatic carbocycles. The fraction of sp³-hybridized carbons (Fsp3) is 0.231. The van der Waals surface area contributed by atoms with Crippen LogP contribution in [0.2, 0.25) is 10.2 Å². The average molecular weight is 296 g/mol. The van der Waals surface area contributed by atoms with Gasteiger partial charge in [0.1, 0.15) is 5.15 Å². The predicted molar refractivity (Wildman–Crippen MR) is 74.1 cm³/mol. The molecule has 0 unspecified atom stereocenters. The van der Waals surface area contributed by atoms with Gasteiger partial charge in [0.15, 0.2) is 0 Å². The van der Waals surface area contributed by atoms with E-state index in [2.05, 4.69) is 10.4 Å². The molecule has 3 rings (SSSR count). The lowest BCUT2D eigenvalue weighted by Crippen LogP contribution is -2.25. The minimum Gasteiger partial charge on any atom is -0.349 e. The van der Waals surface area contributed by atoms with Crippen LogP contribution in [0.25, 0.3) is 5.69 Å². The van der Waals surface area contributed by atoms with Gasteiger partial charge in [-0.25, -0.2) is 4.68 Å². The van der Waals surface area contributed by atoms with Gasteiger partial charge < -0.3 is 5.32 Å². The first-order valence-electron chi connectivity index (χ1n) is 5.95. The van der Waals surface area contributed by atoms with Crippen molar-refractivity contribution in [2.45, 2.75) is 18.9 Å². The molecule has 0 aliphatic heterocycles. The molecule has 1 heterocycles. The van der Waals surface area contributed by atoms with Gasteiger partial charge in [-0.3, -0.25) is 4.79 Å². The molecule has 98 valence electrons. The van der Waals surface area contributed by atoms with Crippen molar-refractivity contribution in [1.29, 1.82) is 0 Å². The topological polar surface area (TPSA) is 46.9 Å². The van der Waals surface area contributed by atoms with Crippen molar-refractivity contribution in [2.24, 2.45) is 0 Å². The monoisotopic (exact) mass is 295 g/mol. The van der Waals surface area contributed by atoms with Crippen LogP contribution in [0.3, 0.4) is 0 Å². The fourth-order valence-electron chi connectivity index (χ4n) is 1.74. The molecule has 0 radical (unpaired) electrons. The second-order valence-corrected chi connectivity index (χ2v) is 5.28. The summed E-state index contributed by atoms with van der Waals surface area (Å²) in [5, 5.41) is 7.98. The normalized spacial score (nSPS) is 14.4. The Morgan fingerprint density at radius 2 is 1.95 bits per heavy atom. The van der Waals surface area contributed by atoms with Crippen molar-refractivity contribution in [2.75, 3.05) is 0 Å². The predicted octanol–water partition coefficient (Wildman–Crippen LogP) is 3.07. The summed E-state index contributed by atoms with van der Waals surface area (Å²) >= 11 is 12.0. The van der Waals surface area contributed by atoms with Crippen molar-refractivity contribution in [3.05, 3.63) is 46.2 Å². The van der Waals surface area contributed by atoms with Crippen molar-refractivity contribution >= 4 is 29.1 Å². The summed E-state index contributed by atoms with van der Waals surface area (Å²) in [5.74, 6) is -0.173. The first-order chi connectivity index (χ1) is 9.15. The van der Waals surface area contributed by atoms with E-state index in [9.17, 15) is 4.79 Å². The number of aromatic nitrogens is 2. The maximum Gasteiger partial charge on any atom is 0.256 e. The summed E-state index contributed by atoms with van der Waals surface area (Å²) in [5.41, 5.74) is 1.16. The number of hydrogen-bond acceptors (Lipinski definition) is 2. The lowest BCUT2D eigenvalue weighted by atomic mass is 10.3. The molecule has 1 aliphatic carbocycles. The molecule has 6 heteroatoms. The number of nitrogens with one attached hydrogen (secondary N) is 1. The van der Waals surface area contributed by atoms with Gasteiger partial charge in [0.25, 0.3) is 5.91 Å². The lowest BCUT2D eigenvalue weighted by molar-refractivity contribution is 0.0951. The number of benzene rings is 1. The van der Waals surface area contributed by atoms with Crippen LogP contribution >= 0.6 is 23.2 Å². The fourth-order valence-corrected chi connectivity index (χ4v) is 2.14. The highest BCUT2D eigenvalue weighted by Gasteiger charge is 2.26. The van der Waals surface area contributed by atoms with Gasteiger partial charge in [-0.05, 0) is 37.1 Å². The third-order valence-corrected chi connectivity index (χ3v) is 3.55. The van der Waals surface area contributed by atoms with Gasteiger partial charge in [0.2, 0.25) is 0 Å². The average Bonchev–Trinajstić information content (AvgIpc) is 3.12. The van der Waals surface area contributed by atoms with Gasteiger partial charge in [-0.15, -0.1) is 0 Å². The maximum absolute atomic E-state index is 11.9. The molecule has 1 amide bonds. The van der Waals surface area contributed by atoms with Crippen LogP contribution < -0.4 is 5.32 Å². The molecule has 1 saturated carbocycles. The third-order valence-electron chi connectivity index (χ3n) is 2.94. The van der Waals surface area contributed by atoms with Crippen LogP contribution in [-0.2, 0) is 0 Å². The Morgan fingerprint density at radius 3 is 2.58 bits per heavy atom. The van der Waals surface area contributed by atoms with E-state index in [1.54, 1.807) is 24.3 Å². The smallest absolute Gasteiger partial charge is 0.256 e. The number of carbonyl (C=O) groups is 1. The largest absolute Gasteiger partial charge is 0.349 e. The van der Waals surface area contributed by atoms with Gasteiger partial charge in [-0.2, -0.15) is 5.10 Å². The zero-order chi connectivity index (χ0) is 13.4. The molecule has 19 heavy (non-hydrogen) atoms. The molecular formula is C13H11Cl2N3O. The first-order valence-corrected chi connectivity index (χ1v) is 6.71. The standard InChI is InChI=1S/C13H11Cl2N3O/c14-8-1-5-10(6-2-8)18-12(15)11(7-16-18)13(19)17-9-3-4-9/h1-2,5-7,9H,3-4H2,(H,17,19). The molecular weight excluding hydrogens is 285 g/mol. The summed E-state index contributed by atoms with van der Waals surface area (Å²) in [6.07, 6.45) is 3.55. The summed E-state index contributed by atoms with van der Waals surface area (Å²) < 4.78 is 1.51. The highest BCUT2D eigenvalue weighted by atomic mass is 35.5. The van der Waals surface area contributed by atoms with Crippen LogP contribution in [0.4, 0.5) is 0 Å². The molecule has 4 nitrogen and oxygen atoms in total. The molecule has 1 aromatic heterocycles. The van der Waals surface area contributed by atoms with E-state index in [-0.39, 0.29) is 5.91 Å². The molecule has 0 bridgehead atoms. The quantitative estimate of drug-likeness (QED) is 0.946. The van der Waals surface area contributed by atoms with Gasteiger partial charge in [-0.1, -0.05) is 23.2 Å². The molecule has 0 spiro atoms. The minimum atomic E-state index is -0.173. The van der Waals surface area contributed by atoms with E-state index in [0.717, 1.165) is 18.5 Å². The maximum atomic E-state index is 11.9. The second-order valence-electron chi connectivity index (χ2n) is 4.49. The Kier molecular flexibility index (Phi) is 3.21. The molecule has 1 N–H and O–H groups in total. The van der Waals surface area contributed by atoms with Gasteiger partial charge in [0, 0.05) is 11.1 Å². The van der Waals surface area contributed by atoms with E-state index in [1.807, 2.05) is 0 Å². The van der Waals surface area contributed by atoms with Crippen LogP contribution in [0.5, 0.6) is 0 Å².